The van der Waals surface area contributed by atoms with Crippen molar-refractivity contribution in [3.8, 4) is 0 Å². The fourth-order valence-corrected chi connectivity index (χ4v) is 4.43. The van der Waals surface area contributed by atoms with E-state index in [1.807, 2.05) is 13.8 Å². The van der Waals surface area contributed by atoms with E-state index in [0.29, 0.717) is 5.56 Å². The first kappa shape index (κ1) is 40.0. The number of methoxy groups -OCH3 is 1. The molecule has 1 rings (SSSR count). The standard InChI is InChI=1S/C31H45N5O11/c1-17(2)15-24(31(46)47-5)36-29(44)22(12-14-26(40)41)34-30(45)23(16-20-9-7-6-8-10-20)35-27(42)18(3)32-28(43)21(33-19(4)37)11-13-25(38)39/h6-10,17-18,21-24H,11-16H2,1-5H3,(H,32,43)(H,33,37)(H,34,45)(H,35,42)(H,36,44)(H,38,39)(H,40,41)/t18-,21-,22-,23-,24-/m0/s1. The predicted molar refractivity (Wildman–Crippen MR) is 166 cm³/mol. The summed E-state index contributed by atoms with van der Waals surface area (Å²) in [5, 5.41) is 30.5. The SMILES string of the molecule is COC(=O)[C@H](CC(C)C)NC(=O)[C@H](CCC(=O)O)NC(=O)[C@H](Cc1ccccc1)NC(=O)[C@H](C)NC(=O)[C@H](CCC(=O)O)NC(C)=O. The maximum atomic E-state index is 13.6. The largest absolute Gasteiger partial charge is 0.481 e. The maximum Gasteiger partial charge on any atom is 0.328 e. The number of hydrogen-bond acceptors (Lipinski definition) is 9. The van der Waals surface area contributed by atoms with Crippen molar-refractivity contribution in [2.75, 3.05) is 7.11 Å². The summed E-state index contributed by atoms with van der Waals surface area (Å²) in [7, 11) is 1.15. The molecule has 0 spiro atoms. The number of ether oxygens (including phenoxy) is 1. The predicted octanol–water partition coefficient (Wildman–Crippen LogP) is -0.358. The third-order valence-electron chi connectivity index (χ3n) is 6.80. The van der Waals surface area contributed by atoms with E-state index >= 15 is 0 Å². The summed E-state index contributed by atoms with van der Waals surface area (Å²) in [5.41, 5.74) is 0.623. The van der Waals surface area contributed by atoms with Crippen LogP contribution in [-0.2, 0) is 49.5 Å². The second-order valence-corrected chi connectivity index (χ2v) is 11.4. The number of benzene rings is 1. The molecule has 0 heterocycles. The van der Waals surface area contributed by atoms with Crippen LogP contribution in [0.2, 0.25) is 0 Å². The molecule has 0 aliphatic rings. The minimum atomic E-state index is -1.40. The van der Waals surface area contributed by atoms with E-state index in [1.165, 1.54) is 6.92 Å². The lowest BCUT2D eigenvalue weighted by Crippen LogP contribution is -2.59. The number of carboxylic acids is 2. The van der Waals surface area contributed by atoms with Gasteiger partial charge in [0, 0.05) is 26.2 Å². The van der Waals surface area contributed by atoms with Gasteiger partial charge in [0.2, 0.25) is 29.5 Å². The van der Waals surface area contributed by atoms with Gasteiger partial charge in [-0.25, -0.2) is 4.79 Å². The highest BCUT2D eigenvalue weighted by Crippen LogP contribution is 2.10. The fraction of sp³-hybridized carbons (Fsp3) is 0.548. The molecule has 0 radical (unpaired) electrons. The van der Waals surface area contributed by atoms with Crippen molar-refractivity contribution >= 4 is 47.4 Å². The first-order valence-corrected chi connectivity index (χ1v) is 15.1. The molecule has 0 aliphatic heterocycles. The molecule has 0 bridgehead atoms. The summed E-state index contributed by atoms with van der Waals surface area (Å²) >= 11 is 0. The number of amides is 5. The highest BCUT2D eigenvalue weighted by Gasteiger charge is 2.32. The van der Waals surface area contributed by atoms with Gasteiger partial charge in [0.1, 0.15) is 30.2 Å². The molecule has 1 aromatic rings. The maximum absolute atomic E-state index is 13.6. The Kier molecular flexibility index (Phi) is 17.2. The molecule has 5 amide bonds. The molecule has 0 saturated carbocycles. The van der Waals surface area contributed by atoms with Gasteiger partial charge in [-0.15, -0.1) is 0 Å². The topological polar surface area (TPSA) is 246 Å². The van der Waals surface area contributed by atoms with Crippen LogP contribution < -0.4 is 26.6 Å². The van der Waals surface area contributed by atoms with Crippen LogP contribution in [0, 0.1) is 5.92 Å². The minimum Gasteiger partial charge on any atom is -0.481 e. The van der Waals surface area contributed by atoms with Crippen LogP contribution in [0.4, 0.5) is 0 Å². The normalized spacial score (nSPS) is 13.9. The average molecular weight is 664 g/mol. The Labute approximate surface area is 272 Å². The Bertz CT molecular complexity index is 1270. The second kappa shape index (κ2) is 20.2. The van der Waals surface area contributed by atoms with Crippen molar-refractivity contribution in [2.24, 2.45) is 5.92 Å². The summed E-state index contributed by atoms with van der Waals surface area (Å²) in [6.45, 7) is 6.11. The Morgan fingerprint density at radius 1 is 0.660 bits per heavy atom. The van der Waals surface area contributed by atoms with Crippen molar-refractivity contribution in [1.82, 2.24) is 26.6 Å². The van der Waals surface area contributed by atoms with Gasteiger partial charge in [-0.2, -0.15) is 0 Å². The number of aliphatic carboxylic acids is 2. The van der Waals surface area contributed by atoms with Gasteiger partial charge in [-0.1, -0.05) is 44.2 Å². The monoisotopic (exact) mass is 663 g/mol. The van der Waals surface area contributed by atoms with Crippen LogP contribution in [0.3, 0.4) is 0 Å². The van der Waals surface area contributed by atoms with E-state index in [-0.39, 0.29) is 31.6 Å². The molecule has 260 valence electrons. The van der Waals surface area contributed by atoms with Crippen molar-refractivity contribution in [3.05, 3.63) is 35.9 Å². The van der Waals surface area contributed by atoms with Crippen molar-refractivity contribution < 1.29 is 53.3 Å². The van der Waals surface area contributed by atoms with E-state index in [1.54, 1.807) is 30.3 Å². The lowest BCUT2D eigenvalue weighted by molar-refractivity contribution is -0.146. The molecule has 47 heavy (non-hydrogen) atoms. The highest BCUT2D eigenvalue weighted by atomic mass is 16.5. The Morgan fingerprint density at radius 2 is 1.13 bits per heavy atom. The molecule has 0 fully saturated rings. The third kappa shape index (κ3) is 15.7. The molecule has 1 aromatic carbocycles. The van der Waals surface area contributed by atoms with Crippen LogP contribution in [0.1, 0.15) is 65.4 Å². The summed E-state index contributed by atoms with van der Waals surface area (Å²) in [4.78, 5) is 99.0. The van der Waals surface area contributed by atoms with E-state index in [0.717, 1.165) is 14.0 Å². The quantitative estimate of drug-likeness (QED) is 0.0888. The van der Waals surface area contributed by atoms with Crippen LogP contribution in [0.5, 0.6) is 0 Å². The number of carbonyl (C=O) groups is 8. The third-order valence-corrected chi connectivity index (χ3v) is 6.80. The highest BCUT2D eigenvalue weighted by molar-refractivity contribution is 5.96. The number of nitrogens with one attached hydrogen (secondary N) is 5. The molecule has 7 N–H and O–H groups in total. The van der Waals surface area contributed by atoms with Crippen LogP contribution in [-0.4, -0.2) is 95.0 Å². The van der Waals surface area contributed by atoms with E-state index in [9.17, 15) is 43.5 Å². The Hall–Kier alpha value is -5.02. The van der Waals surface area contributed by atoms with Gasteiger partial charge in [-0.05, 0) is 37.7 Å². The van der Waals surface area contributed by atoms with Crippen molar-refractivity contribution in [3.63, 3.8) is 0 Å². The van der Waals surface area contributed by atoms with Gasteiger partial charge in [-0.3, -0.25) is 33.6 Å². The van der Waals surface area contributed by atoms with Gasteiger partial charge in [0.05, 0.1) is 7.11 Å². The van der Waals surface area contributed by atoms with Crippen LogP contribution in [0.15, 0.2) is 30.3 Å². The van der Waals surface area contributed by atoms with Crippen LogP contribution >= 0.6 is 0 Å². The first-order valence-electron chi connectivity index (χ1n) is 15.1. The number of rotatable bonds is 20. The molecule has 5 atom stereocenters. The zero-order chi connectivity index (χ0) is 35.7. The second-order valence-electron chi connectivity index (χ2n) is 11.4. The van der Waals surface area contributed by atoms with E-state index < -0.39 is 90.5 Å². The first-order chi connectivity index (χ1) is 22.0. The Morgan fingerprint density at radius 3 is 1.62 bits per heavy atom. The van der Waals surface area contributed by atoms with E-state index in [2.05, 4.69) is 26.6 Å². The van der Waals surface area contributed by atoms with Crippen LogP contribution in [0.25, 0.3) is 0 Å². The summed E-state index contributed by atoms with van der Waals surface area (Å²) in [6.07, 6.45) is -1.33. The number of esters is 1. The molecule has 0 aromatic heterocycles. The fourth-order valence-electron chi connectivity index (χ4n) is 4.43. The number of carboxylic acid groups (broad SMARTS) is 2. The van der Waals surface area contributed by atoms with Gasteiger partial charge < -0.3 is 41.5 Å². The lowest BCUT2D eigenvalue weighted by atomic mass is 10.0. The average Bonchev–Trinajstić information content (AvgIpc) is 2.99. The minimum absolute atomic E-state index is 0.0231. The molecular weight excluding hydrogens is 618 g/mol. The summed E-state index contributed by atoms with van der Waals surface area (Å²) < 4.78 is 4.77. The Balaban J connectivity index is 3.22. The van der Waals surface area contributed by atoms with Gasteiger partial charge in [0.15, 0.2) is 0 Å². The van der Waals surface area contributed by atoms with E-state index in [4.69, 9.17) is 9.84 Å². The lowest BCUT2D eigenvalue weighted by Gasteiger charge is -2.26. The molecule has 0 unspecified atom stereocenters. The molecular formula is C31H45N5O11. The molecule has 16 heteroatoms. The number of hydrogen-bond donors (Lipinski definition) is 7. The zero-order valence-corrected chi connectivity index (χ0v) is 27.2. The zero-order valence-electron chi connectivity index (χ0n) is 27.2. The van der Waals surface area contributed by atoms with Gasteiger partial charge in [0.25, 0.3) is 0 Å². The smallest absolute Gasteiger partial charge is 0.328 e. The number of carbonyl (C=O) groups excluding carboxylic acids is 6. The summed E-state index contributed by atoms with van der Waals surface area (Å²) in [5.74, 6) is -7.06. The summed E-state index contributed by atoms with van der Waals surface area (Å²) in [6, 6.07) is 2.28. The van der Waals surface area contributed by atoms with Crippen molar-refractivity contribution in [1.29, 1.82) is 0 Å². The van der Waals surface area contributed by atoms with Crippen molar-refractivity contribution in [2.45, 2.75) is 96.4 Å². The molecule has 0 aliphatic carbocycles. The molecule has 16 nitrogen and oxygen atoms in total. The van der Waals surface area contributed by atoms with Gasteiger partial charge >= 0.3 is 17.9 Å². The molecule has 0 saturated heterocycles.